The fraction of sp³-hybridized carbons (Fsp3) is 0.474. The third-order valence-corrected chi connectivity index (χ3v) is 5.29. The van der Waals surface area contributed by atoms with E-state index in [4.69, 9.17) is 14.3 Å². The molecule has 6 heteroatoms. The normalized spacial score (nSPS) is 30.2. The SMILES string of the molecule is COC(=O)[C@H]1CC=CC[C@H]1C(=O)N1OC[C@H]2COc3ccccc3[C@H]21. The Morgan fingerprint density at radius 3 is 2.68 bits per heavy atom. The molecule has 3 aliphatic rings. The molecule has 0 aromatic heterocycles. The zero-order chi connectivity index (χ0) is 17.4. The summed E-state index contributed by atoms with van der Waals surface area (Å²) in [6.07, 6.45) is 4.93. The van der Waals surface area contributed by atoms with Crippen LogP contribution in [0.3, 0.4) is 0 Å². The quantitative estimate of drug-likeness (QED) is 0.609. The maximum absolute atomic E-state index is 13.2. The van der Waals surface area contributed by atoms with Crippen LogP contribution in [0.25, 0.3) is 0 Å². The van der Waals surface area contributed by atoms with Gasteiger partial charge in [0.2, 0.25) is 0 Å². The predicted molar refractivity (Wildman–Crippen MR) is 88.3 cm³/mol. The number of hydrogen-bond donors (Lipinski definition) is 0. The minimum atomic E-state index is -0.458. The second-order valence-corrected chi connectivity index (χ2v) is 6.69. The molecule has 0 spiro atoms. The number of carbonyl (C=O) groups is 2. The second-order valence-electron chi connectivity index (χ2n) is 6.69. The molecule has 1 amide bonds. The molecule has 4 atom stereocenters. The van der Waals surface area contributed by atoms with Gasteiger partial charge in [0.05, 0.1) is 38.2 Å². The largest absolute Gasteiger partial charge is 0.493 e. The average Bonchev–Trinajstić information content (AvgIpc) is 3.11. The van der Waals surface area contributed by atoms with E-state index in [0.29, 0.717) is 26.1 Å². The third kappa shape index (κ3) is 2.70. The van der Waals surface area contributed by atoms with Crippen molar-refractivity contribution >= 4 is 11.9 Å². The first-order chi connectivity index (χ1) is 12.2. The molecule has 0 radical (unpaired) electrons. The maximum atomic E-state index is 13.2. The number of benzene rings is 1. The summed E-state index contributed by atoms with van der Waals surface area (Å²) in [6, 6.07) is 7.57. The Morgan fingerprint density at radius 1 is 1.12 bits per heavy atom. The van der Waals surface area contributed by atoms with Crippen LogP contribution in [-0.4, -0.2) is 37.3 Å². The molecule has 6 nitrogen and oxygen atoms in total. The molecule has 0 N–H and O–H groups in total. The van der Waals surface area contributed by atoms with Gasteiger partial charge in [-0.25, -0.2) is 5.06 Å². The van der Waals surface area contributed by atoms with E-state index in [9.17, 15) is 9.59 Å². The molecular weight excluding hydrogens is 322 g/mol. The number of fused-ring (bicyclic) bond motifs is 3. The van der Waals surface area contributed by atoms with Crippen molar-refractivity contribution < 1.29 is 23.9 Å². The zero-order valence-electron chi connectivity index (χ0n) is 14.1. The van der Waals surface area contributed by atoms with Gasteiger partial charge in [-0.05, 0) is 18.9 Å². The summed E-state index contributed by atoms with van der Waals surface area (Å²) in [5, 5.41) is 1.48. The minimum Gasteiger partial charge on any atom is -0.493 e. The van der Waals surface area contributed by atoms with Crippen molar-refractivity contribution in [3.63, 3.8) is 0 Å². The van der Waals surface area contributed by atoms with Gasteiger partial charge in [0.25, 0.3) is 5.91 Å². The Hall–Kier alpha value is -2.34. The molecule has 1 fully saturated rings. The van der Waals surface area contributed by atoms with Crippen molar-refractivity contribution in [2.75, 3.05) is 20.3 Å². The number of hydrogen-bond acceptors (Lipinski definition) is 5. The van der Waals surface area contributed by atoms with Gasteiger partial charge in [0, 0.05) is 11.5 Å². The Balaban J connectivity index is 1.62. The van der Waals surface area contributed by atoms with Crippen LogP contribution in [0.15, 0.2) is 36.4 Å². The highest BCUT2D eigenvalue weighted by molar-refractivity contribution is 5.86. The molecule has 1 aromatic rings. The molecule has 1 aliphatic carbocycles. The van der Waals surface area contributed by atoms with Crippen LogP contribution in [0.1, 0.15) is 24.4 Å². The number of allylic oxidation sites excluding steroid dienone is 2. The van der Waals surface area contributed by atoms with Crippen molar-refractivity contribution in [1.29, 1.82) is 0 Å². The van der Waals surface area contributed by atoms with Crippen LogP contribution >= 0.6 is 0 Å². The van der Waals surface area contributed by atoms with E-state index in [0.717, 1.165) is 11.3 Å². The Bertz CT molecular complexity index is 716. The number of hydroxylamine groups is 2. The molecule has 132 valence electrons. The Kier molecular flexibility index (Phi) is 4.21. The predicted octanol–water partition coefficient (Wildman–Crippen LogP) is 2.27. The molecule has 2 heterocycles. The second kappa shape index (κ2) is 6.52. The summed E-state index contributed by atoms with van der Waals surface area (Å²) < 4.78 is 10.7. The molecule has 0 bridgehead atoms. The van der Waals surface area contributed by atoms with Crippen LogP contribution < -0.4 is 4.74 Å². The van der Waals surface area contributed by atoms with Crippen LogP contribution in [0.4, 0.5) is 0 Å². The standard InChI is InChI=1S/C19H21NO5/c1-23-19(22)14-7-3-2-6-13(14)18(21)20-17-12(11-25-20)10-24-16-9-5-4-8-15(16)17/h2-5,8-9,12-14,17H,6-7,10-11H2,1H3/t12-,13-,14+,17+/m1/s1. The highest BCUT2D eigenvalue weighted by Gasteiger charge is 2.47. The van der Waals surface area contributed by atoms with Gasteiger partial charge in [0.1, 0.15) is 5.75 Å². The number of para-hydroxylation sites is 1. The topological polar surface area (TPSA) is 65.1 Å². The molecule has 4 rings (SSSR count). The zero-order valence-corrected chi connectivity index (χ0v) is 14.1. The van der Waals surface area contributed by atoms with E-state index in [1.54, 1.807) is 0 Å². The summed E-state index contributed by atoms with van der Waals surface area (Å²) in [4.78, 5) is 31.1. The lowest BCUT2D eigenvalue weighted by molar-refractivity contribution is -0.186. The van der Waals surface area contributed by atoms with E-state index < -0.39 is 11.8 Å². The van der Waals surface area contributed by atoms with Crippen molar-refractivity contribution in [3.05, 3.63) is 42.0 Å². The number of rotatable bonds is 2. The monoisotopic (exact) mass is 343 g/mol. The number of esters is 1. The van der Waals surface area contributed by atoms with E-state index in [-0.39, 0.29) is 23.8 Å². The van der Waals surface area contributed by atoms with Gasteiger partial charge in [-0.1, -0.05) is 30.4 Å². The van der Waals surface area contributed by atoms with Crippen molar-refractivity contribution in [3.8, 4) is 5.75 Å². The molecule has 0 unspecified atom stereocenters. The van der Waals surface area contributed by atoms with E-state index in [1.165, 1.54) is 12.2 Å². The fourth-order valence-electron chi connectivity index (χ4n) is 3.97. The first kappa shape index (κ1) is 16.1. The molecule has 0 saturated carbocycles. The molecule has 1 aromatic carbocycles. The lowest BCUT2D eigenvalue weighted by Crippen LogP contribution is -2.42. The van der Waals surface area contributed by atoms with Crippen molar-refractivity contribution in [1.82, 2.24) is 5.06 Å². The maximum Gasteiger partial charge on any atom is 0.309 e. The summed E-state index contributed by atoms with van der Waals surface area (Å²) >= 11 is 0. The fourth-order valence-corrected chi connectivity index (χ4v) is 3.97. The molecule has 1 saturated heterocycles. The highest BCUT2D eigenvalue weighted by Crippen LogP contribution is 2.44. The lowest BCUT2D eigenvalue weighted by Gasteiger charge is -2.34. The van der Waals surface area contributed by atoms with E-state index >= 15 is 0 Å². The van der Waals surface area contributed by atoms with Gasteiger partial charge in [0.15, 0.2) is 0 Å². The number of carbonyl (C=O) groups excluding carboxylic acids is 2. The summed E-state index contributed by atoms with van der Waals surface area (Å²) in [5.41, 5.74) is 0.963. The van der Waals surface area contributed by atoms with Gasteiger partial charge in [-0.15, -0.1) is 0 Å². The number of methoxy groups -OCH3 is 1. The van der Waals surface area contributed by atoms with Crippen LogP contribution in [-0.2, 0) is 19.2 Å². The Labute approximate surface area is 146 Å². The number of amides is 1. The highest BCUT2D eigenvalue weighted by atomic mass is 16.7. The summed E-state index contributed by atoms with van der Waals surface area (Å²) in [5.74, 6) is -0.504. The average molecular weight is 343 g/mol. The third-order valence-electron chi connectivity index (χ3n) is 5.29. The van der Waals surface area contributed by atoms with Crippen LogP contribution in [0, 0.1) is 17.8 Å². The molecule has 2 aliphatic heterocycles. The van der Waals surface area contributed by atoms with E-state index in [2.05, 4.69) is 0 Å². The lowest BCUT2D eigenvalue weighted by atomic mass is 9.81. The summed E-state index contributed by atoms with van der Waals surface area (Å²) in [7, 11) is 1.36. The number of nitrogens with zero attached hydrogens (tertiary/aromatic N) is 1. The van der Waals surface area contributed by atoms with Gasteiger partial charge in [-0.3, -0.25) is 14.4 Å². The van der Waals surface area contributed by atoms with Crippen LogP contribution in [0.2, 0.25) is 0 Å². The van der Waals surface area contributed by atoms with Crippen molar-refractivity contribution in [2.45, 2.75) is 18.9 Å². The molecular formula is C19H21NO5. The van der Waals surface area contributed by atoms with E-state index in [1.807, 2.05) is 36.4 Å². The van der Waals surface area contributed by atoms with Gasteiger partial charge >= 0.3 is 5.97 Å². The number of ether oxygens (including phenoxy) is 2. The van der Waals surface area contributed by atoms with Crippen LogP contribution in [0.5, 0.6) is 5.75 Å². The van der Waals surface area contributed by atoms with Crippen molar-refractivity contribution in [2.24, 2.45) is 17.8 Å². The van der Waals surface area contributed by atoms with Gasteiger partial charge < -0.3 is 9.47 Å². The first-order valence-electron chi connectivity index (χ1n) is 8.61. The molecule has 25 heavy (non-hydrogen) atoms. The summed E-state index contributed by atoms with van der Waals surface area (Å²) in [6.45, 7) is 0.965. The smallest absolute Gasteiger partial charge is 0.309 e. The van der Waals surface area contributed by atoms with Gasteiger partial charge in [-0.2, -0.15) is 0 Å². The Morgan fingerprint density at radius 2 is 1.88 bits per heavy atom. The first-order valence-corrected chi connectivity index (χ1v) is 8.61. The minimum absolute atomic E-state index is 0.106.